The van der Waals surface area contributed by atoms with Crippen molar-refractivity contribution in [3.8, 4) is 0 Å². The SMILES string of the molecule is CC1=N[C@@H](C)C(C)=C2C[C@H](NS(=O)(=O)NC(C)C)CN12. The van der Waals surface area contributed by atoms with Crippen LogP contribution in [0.2, 0.25) is 0 Å². The number of hydrogen-bond acceptors (Lipinski definition) is 4. The van der Waals surface area contributed by atoms with E-state index in [1.807, 2.05) is 20.8 Å². The van der Waals surface area contributed by atoms with Crippen molar-refractivity contribution < 1.29 is 8.42 Å². The average molecular weight is 300 g/mol. The van der Waals surface area contributed by atoms with E-state index >= 15 is 0 Å². The summed E-state index contributed by atoms with van der Waals surface area (Å²) in [6, 6.07) is -0.0298. The first-order valence-corrected chi connectivity index (χ1v) is 8.49. The van der Waals surface area contributed by atoms with Gasteiger partial charge in [0.1, 0.15) is 5.84 Å². The predicted octanol–water partition coefficient (Wildman–Crippen LogP) is 0.988. The topological polar surface area (TPSA) is 73.8 Å². The molecule has 0 aromatic heterocycles. The second kappa shape index (κ2) is 5.46. The number of aliphatic imine (C=N–C) groups is 1. The molecule has 2 atom stereocenters. The molecule has 7 heteroatoms. The number of hydrogen-bond donors (Lipinski definition) is 2. The van der Waals surface area contributed by atoms with E-state index in [0.29, 0.717) is 6.54 Å². The molecule has 2 heterocycles. The van der Waals surface area contributed by atoms with Crippen molar-refractivity contribution in [3.63, 3.8) is 0 Å². The van der Waals surface area contributed by atoms with Crippen LogP contribution in [0.5, 0.6) is 0 Å². The molecule has 0 amide bonds. The Balaban J connectivity index is 2.11. The Morgan fingerprint density at radius 1 is 1.35 bits per heavy atom. The van der Waals surface area contributed by atoms with Gasteiger partial charge >= 0.3 is 0 Å². The van der Waals surface area contributed by atoms with Crippen molar-refractivity contribution in [2.75, 3.05) is 6.54 Å². The molecule has 2 aliphatic rings. The normalized spacial score (nSPS) is 27.1. The monoisotopic (exact) mass is 300 g/mol. The molecule has 0 aliphatic carbocycles. The van der Waals surface area contributed by atoms with Crippen molar-refractivity contribution in [2.24, 2.45) is 4.99 Å². The van der Waals surface area contributed by atoms with Crippen LogP contribution < -0.4 is 9.44 Å². The van der Waals surface area contributed by atoms with Crippen molar-refractivity contribution in [2.45, 2.75) is 59.2 Å². The van der Waals surface area contributed by atoms with Crippen molar-refractivity contribution >= 4 is 16.0 Å². The highest BCUT2D eigenvalue weighted by Gasteiger charge is 2.35. The van der Waals surface area contributed by atoms with Crippen LogP contribution in [0.15, 0.2) is 16.3 Å². The minimum atomic E-state index is -3.44. The summed E-state index contributed by atoms with van der Waals surface area (Å²) in [6.45, 7) is 10.4. The van der Waals surface area contributed by atoms with Gasteiger partial charge in [0.15, 0.2) is 0 Å². The minimum Gasteiger partial charge on any atom is -0.332 e. The third-order valence-electron chi connectivity index (χ3n) is 3.73. The fourth-order valence-corrected chi connectivity index (χ4v) is 4.06. The van der Waals surface area contributed by atoms with Crippen LogP contribution in [-0.2, 0) is 10.2 Å². The third kappa shape index (κ3) is 3.21. The van der Waals surface area contributed by atoms with Crippen LogP contribution in [0.4, 0.5) is 0 Å². The summed E-state index contributed by atoms with van der Waals surface area (Å²) in [5, 5.41) is 0. The smallest absolute Gasteiger partial charge is 0.277 e. The number of nitrogens with zero attached hydrogens (tertiary/aromatic N) is 2. The highest BCUT2D eigenvalue weighted by molar-refractivity contribution is 7.87. The standard InChI is InChI=1S/C13H24N4O2S/c1-8(2)15-20(18,19)16-12-6-13-9(3)10(4)14-11(5)17(13)7-12/h8,10,12,15-16H,6-7H2,1-5H3/t10-,12-/m0/s1. The van der Waals surface area contributed by atoms with E-state index in [4.69, 9.17) is 0 Å². The number of rotatable bonds is 4. The summed E-state index contributed by atoms with van der Waals surface area (Å²) in [5.41, 5.74) is 2.44. The summed E-state index contributed by atoms with van der Waals surface area (Å²) < 4.78 is 29.2. The second-order valence-corrected chi connectivity index (χ2v) is 7.37. The highest BCUT2D eigenvalue weighted by Crippen LogP contribution is 2.31. The van der Waals surface area contributed by atoms with Gasteiger partial charge in [0.05, 0.1) is 6.04 Å². The van der Waals surface area contributed by atoms with Gasteiger partial charge in [-0.15, -0.1) is 0 Å². The quantitative estimate of drug-likeness (QED) is 0.813. The molecule has 0 spiro atoms. The molecule has 2 N–H and O–H groups in total. The summed E-state index contributed by atoms with van der Waals surface area (Å²) >= 11 is 0. The van der Waals surface area contributed by atoms with Gasteiger partial charge in [-0.3, -0.25) is 4.99 Å². The molecule has 0 radical (unpaired) electrons. The van der Waals surface area contributed by atoms with Gasteiger partial charge in [-0.2, -0.15) is 17.9 Å². The van der Waals surface area contributed by atoms with Crippen LogP contribution in [0.25, 0.3) is 0 Å². The lowest BCUT2D eigenvalue weighted by molar-refractivity contribution is 0.502. The number of amidine groups is 1. The lowest BCUT2D eigenvalue weighted by atomic mass is 10.0. The number of nitrogens with one attached hydrogen (secondary N) is 2. The molecule has 0 saturated carbocycles. The fraction of sp³-hybridized carbons (Fsp3) is 0.769. The lowest BCUT2D eigenvalue weighted by Crippen LogP contribution is -2.46. The zero-order valence-corrected chi connectivity index (χ0v) is 13.6. The Labute approximate surface area is 121 Å². The summed E-state index contributed by atoms with van der Waals surface area (Å²) in [4.78, 5) is 6.70. The molecule has 2 aliphatic heterocycles. The molecule has 0 aromatic carbocycles. The van der Waals surface area contributed by atoms with Crippen molar-refractivity contribution in [1.82, 2.24) is 14.3 Å². The lowest BCUT2D eigenvalue weighted by Gasteiger charge is -2.28. The Morgan fingerprint density at radius 3 is 2.60 bits per heavy atom. The maximum absolute atomic E-state index is 11.9. The Hall–Kier alpha value is -0.920. The van der Waals surface area contributed by atoms with Crippen molar-refractivity contribution in [1.29, 1.82) is 0 Å². The summed E-state index contributed by atoms with van der Waals surface area (Å²) in [6.07, 6.45) is 0.724. The zero-order valence-electron chi connectivity index (χ0n) is 12.8. The Morgan fingerprint density at radius 2 is 2.00 bits per heavy atom. The average Bonchev–Trinajstić information content (AvgIpc) is 2.67. The van der Waals surface area contributed by atoms with E-state index in [2.05, 4.69) is 33.2 Å². The van der Waals surface area contributed by atoms with E-state index in [1.54, 1.807) is 0 Å². The predicted molar refractivity (Wildman–Crippen MR) is 80.7 cm³/mol. The second-order valence-electron chi connectivity index (χ2n) is 5.89. The van der Waals surface area contributed by atoms with Gasteiger partial charge in [0.25, 0.3) is 10.2 Å². The Bertz CT molecular complexity index is 551. The van der Waals surface area contributed by atoms with E-state index in [-0.39, 0.29) is 18.1 Å². The molecule has 114 valence electrons. The van der Waals surface area contributed by atoms with Gasteiger partial charge in [0, 0.05) is 30.7 Å². The van der Waals surface area contributed by atoms with Crippen LogP contribution in [0.3, 0.4) is 0 Å². The van der Waals surface area contributed by atoms with Gasteiger partial charge in [-0.25, -0.2) is 0 Å². The Kier molecular flexibility index (Phi) is 4.22. The highest BCUT2D eigenvalue weighted by atomic mass is 32.2. The number of fused-ring (bicyclic) bond motifs is 1. The van der Waals surface area contributed by atoms with E-state index in [9.17, 15) is 8.42 Å². The molecule has 2 rings (SSSR count). The van der Waals surface area contributed by atoms with E-state index in [1.165, 1.54) is 11.3 Å². The third-order valence-corrected chi connectivity index (χ3v) is 5.16. The van der Waals surface area contributed by atoms with Crippen LogP contribution in [0, 0.1) is 0 Å². The van der Waals surface area contributed by atoms with Crippen LogP contribution >= 0.6 is 0 Å². The summed E-state index contributed by atoms with van der Waals surface area (Å²) in [5.74, 6) is 0.969. The fourth-order valence-electron chi connectivity index (χ4n) is 2.77. The first-order chi connectivity index (χ1) is 9.19. The molecule has 1 saturated heterocycles. The van der Waals surface area contributed by atoms with E-state index < -0.39 is 10.2 Å². The molecule has 20 heavy (non-hydrogen) atoms. The molecular formula is C13H24N4O2S. The van der Waals surface area contributed by atoms with Gasteiger partial charge in [-0.05, 0) is 40.2 Å². The molecule has 1 fully saturated rings. The first kappa shape index (κ1) is 15.5. The van der Waals surface area contributed by atoms with Crippen LogP contribution in [-0.4, -0.2) is 43.8 Å². The first-order valence-electron chi connectivity index (χ1n) is 7.00. The van der Waals surface area contributed by atoms with Gasteiger partial charge in [0.2, 0.25) is 0 Å². The van der Waals surface area contributed by atoms with E-state index in [0.717, 1.165) is 12.3 Å². The van der Waals surface area contributed by atoms with Gasteiger partial charge < -0.3 is 4.90 Å². The maximum Gasteiger partial charge on any atom is 0.277 e. The minimum absolute atomic E-state index is 0.105. The molecular weight excluding hydrogens is 276 g/mol. The summed E-state index contributed by atoms with van der Waals surface area (Å²) in [7, 11) is -3.44. The molecule has 0 aromatic rings. The van der Waals surface area contributed by atoms with Gasteiger partial charge in [-0.1, -0.05) is 0 Å². The molecule has 6 nitrogen and oxygen atoms in total. The molecule has 0 unspecified atom stereocenters. The largest absolute Gasteiger partial charge is 0.332 e. The molecule has 0 bridgehead atoms. The van der Waals surface area contributed by atoms with Crippen molar-refractivity contribution in [3.05, 3.63) is 11.3 Å². The maximum atomic E-state index is 11.9. The zero-order chi connectivity index (χ0) is 15.1. The van der Waals surface area contributed by atoms with Crippen LogP contribution in [0.1, 0.15) is 41.0 Å².